The summed E-state index contributed by atoms with van der Waals surface area (Å²) in [6, 6.07) is 5.72. The molecule has 147 valence electrons. The van der Waals surface area contributed by atoms with Gasteiger partial charge < -0.3 is 14.8 Å². The maximum Gasteiger partial charge on any atom is 0.337 e. The van der Waals surface area contributed by atoms with E-state index in [1.807, 2.05) is 0 Å². The van der Waals surface area contributed by atoms with E-state index in [2.05, 4.69) is 18.4 Å². The summed E-state index contributed by atoms with van der Waals surface area (Å²) in [7, 11) is -0.289. The third-order valence-electron chi connectivity index (χ3n) is 4.04. The highest BCUT2D eigenvalue weighted by atomic mass is 28.3. The van der Waals surface area contributed by atoms with Crippen LogP contribution in [-0.2, 0) is 14.3 Å². The summed E-state index contributed by atoms with van der Waals surface area (Å²) in [6.45, 7) is 7.03. The van der Waals surface area contributed by atoms with E-state index in [4.69, 9.17) is 9.47 Å². The highest BCUT2D eigenvalue weighted by Gasteiger charge is 2.32. The number of amides is 2. The Morgan fingerprint density at radius 1 is 1.30 bits per heavy atom. The second kappa shape index (κ2) is 10.2. The molecule has 27 heavy (non-hydrogen) atoms. The summed E-state index contributed by atoms with van der Waals surface area (Å²) in [5, 5.41) is 2.77. The highest BCUT2D eigenvalue weighted by Crippen LogP contribution is 2.27. The number of hydrogen-bond donors (Lipinski definition) is 1. The number of nitrogens with one attached hydrogen (secondary N) is 1. The molecule has 0 fully saturated rings. The summed E-state index contributed by atoms with van der Waals surface area (Å²) < 4.78 is 23.9. The van der Waals surface area contributed by atoms with E-state index < -0.39 is 12.0 Å². The van der Waals surface area contributed by atoms with Crippen LogP contribution >= 0.6 is 0 Å². The van der Waals surface area contributed by atoms with Crippen molar-refractivity contribution in [1.82, 2.24) is 10.2 Å². The third kappa shape index (κ3) is 6.18. The topological polar surface area (TPSA) is 67.9 Å². The van der Waals surface area contributed by atoms with E-state index in [0.717, 1.165) is 12.5 Å². The van der Waals surface area contributed by atoms with Gasteiger partial charge in [0.05, 0.1) is 18.2 Å². The number of rotatable bonds is 9. The Bertz CT molecular complexity index is 679. The molecule has 1 unspecified atom stereocenters. The Morgan fingerprint density at radius 3 is 2.63 bits per heavy atom. The summed E-state index contributed by atoms with van der Waals surface area (Å²) in [4.78, 5) is 26.1. The van der Waals surface area contributed by atoms with Gasteiger partial charge in [-0.1, -0.05) is 31.3 Å². The number of urea groups is 1. The standard InChI is InChI=1S/C19H26FN2O4Si/c1-4-26-18(23)16-12-22(13-25-10-5-11-27(2)3)19(24)21-17(16)14-6-8-15(20)9-7-14/h6-9,12,17H,4-5,10-11,13H2,1-3H3,(H,21,24). The molecule has 1 aliphatic rings. The molecular formula is C19H26FN2O4Si. The van der Waals surface area contributed by atoms with Crippen molar-refractivity contribution in [2.24, 2.45) is 0 Å². The molecule has 1 aromatic carbocycles. The number of nitrogens with zero attached hydrogens (tertiary/aromatic N) is 1. The monoisotopic (exact) mass is 393 g/mol. The fourth-order valence-corrected chi connectivity index (χ4v) is 3.53. The predicted octanol–water partition coefficient (Wildman–Crippen LogP) is 3.46. The molecule has 2 amide bonds. The van der Waals surface area contributed by atoms with Gasteiger partial charge in [0.25, 0.3) is 0 Å². The van der Waals surface area contributed by atoms with Crippen LogP contribution in [0.5, 0.6) is 0 Å². The first-order valence-electron chi connectivity index (χ1n) is 9.00. The van der Waals surface area contributed by atoms with Crippen molar-refractivity contribution in [2.75, 3.05) is 19.9 Å². The van der Waals surface area contributed by atoms with Crippen molar-refractivity contribution >= 4 is 20.8 Å². The van der Waals surface area contributed by atoms with Crippen molar-refractivity contribution in [2.45, 2.75) is 38.5 Å². The van der Waals surface area contributed by atoms with Gasteiger partial charge in [0.2, 0.25) is 0 Å². The summed E-state index contributed by atoms with van der Waals surface area (Å²) in [5.74, 6) is -0.915. The Labute approximate surface area is 160 Å². The molecule has 1 aromatic rings. The van der Waals surface area contributed by atoms with E-state index in [-0.39, 0.29) is 39.6 Å². The zero-order chi connectivity index (χ0) is 19.8. The van der Waals surface area contributed by atoms with Gasteiger partial charge in [0.15, 0.2) is 0 Å². The summed E-state index contributed by atoms with van der Waals surface area (Å²) in [5.41, 5.74) is 0.879. The van der Waals surface area contributed by atoms with Gasteiger partial charge in [0, 0.05) is 21.6 Å². The van der Waals surface area contributed by atoms with Crippen LogP contribution in [0.3, 0.4) is 0 Å². The number of hydrogen-bond acceptors (Lipinski definition) is 4. The van der Waals surface area contributed by atoms with E-state index in [1.54, 1.807) is 6.92 Å². The lowest BCUT2D eigenvalue weighted by Gasteiger charge is -2.31. The molecule has 0 spiro atoms. The van der Waals surface area contributed by atoms with Crippen LogP contribution in [0.15, 0.2) is 36.0 Å². The lowest BCUT2D eigenvalue weighted by atomic mass is 9.98. The van der Waals surface area contributed by atoms with Crippen LogP contribution in [0, 0.1) is 5.82 Å². The number of ether oxygens (including phenoxy) is 2. The predicted molar refractivity (Wildman–Crippen MR) is 102 cm³/mol. The third-order valence-corrected chi connectivity index (χ3v) is 5.40. The zero-order valence-corrected chi connectivity index (χ0v) is 17.0. The largest absolute Gasteiger partial charge is 0.463 e. The van der Waals surface area contributed by atoms with Gasteiger partial charge in [-0.05, 0) is 31.0 Å². The maximum atomic E-state index is 13.2. The van der Waals surface area contributed by atoms with Crippen LogP contribution in [0.1, 0.15) is 24.9 Å². The molecule has 2 rings (SSSR count). The quantitative estimate of drug-likeness (QED) is 0.396. The fraction of sp³-hybridized carbons (Fsp3) is 0.474. The number of carbonyl (C=O) groups is 2. The van der Waals surface area contributed by atoms with Crippen molar-refractivity contribution < 1.29 is 23.5 Å². The lowest BCUT2D eigenvalue weighted by molar-refractivity contribution is -0.139. The van der Waals surface area contributed by atoms with Gasteiger partial charge in [-0.15, -0.1) is 0 Å². The Kier molecular flexibility index (Phi) is 7.99. The van der Waals surface area contributed by atoms with Crippen LogP contribution in [0.25, 0.3) is 0 Å². The first-order chi connectivity index (χ1) is 12.9. The van der Waals surface area contributed by atoms with Gasteiger partial charge >= 0.3 is 12.0 Å². The first kappa shape index (κ1) is 21.1. The summed E-state index contributed by atoms with van der Waals surface area (Å²) >= 11 is 0. The minimum atomic E-state index is -0.696. The molecule has 0 saturated heterocycles. The normalized spacial score (nSPS) is 16.9. The zero-order valence-electron chi connectivity index (χ0n) is 16.0. The molecule has 1 heterocycles. The molecule has 1 aliphatic heterocycles. The van der Waals surface area contributed by atoms with Crippen LogP contribution in [-0.4, -0.2) is 45.6 Å². The molecule has 0 bridgehead atoms. The van der Waals surface area contributed by atoms with E-state index in [1.165, 1.54) is 35.4 Å². The molecule has 0 aliphatic carbocycles. The average molecular weight is 394 g/mol. The molecule has 6 nitrogen and oxygen atoms in total. The van der Waals surface area contributed by atoms with Gasteiger partial charge in [0.1, 0.15) is 12.5 Å². The minimum absolute atomic E-state index is 0.0559. The van der Waals surface area contributed by atoms with Crippen LogP contribution in [0.2, 0.25) is 19.1 Å². The molecule has 1 N–H and O–H groups in total. The highest BCUT2D eigenvalue weighted by molar-refractivity contribution is 6.55. The molecule has 1 radical (unpaired) electrons. The van der Waals surface area contributed by atoms with Crippen molar-refractivity contribution in [1.29, 1.82) is 0 Å². The summed E-state index contributed by atoms with van der Waals surface area (Å²) in [6.07, 6.45) is 2.41. The lowest BCUT2D eigenvalue weighted by Crippen LogP contribution is -2.46. The smallest absolute Gasteiger partial charge is 0.337 e. The number of halogens is 1. The Morgan fingerprint density at radius 2 is 2.00 bits per heavy atom. The second-order valence-corrected chi connectivity index (χ2v) is 9.47. The molecule has 0 aromatic heterocycles. The number of esters is 1. The molecule has 0 saturated carbocycles. The van der Waals surface area contributed by atoms with E-state index in [9.17, 15) is 14.0 Å². The SMILES string of the molecule is CCOC(=O)C1=CN(COCCC[Si](C)C)C(=O)NC1c1ccc(F)cc1. The number of carbonyl (C=O) groups excluding carboxylic acids is 2. The Balaban J connectivity index is 2.12. The van der Waals surface area contributed by atoms with Gasteiger partial charge in [-0.3, -0.25) is 4.90 Å². The first-order valence-corrected chi connectivity index (χ1v) is 11.7. The van der Waals surface area contributed by atoms with Crippen molar-refractivity contribution in [3.63, 3.8) is 0 Å². The van der Waals surface area contributed by atoms with Crippen molar-refractivity contribution in [3.8, 4) is 0 Å². The second-order valence-electron chi connectivity index (χ2n) is 6.56. The number of benzene rings is 1. The van der Waals surface area contributed by atoms with Crippen LogP contribution < -0.4 is 5.32 Å². The maximum absolute atomic E-state index is 13.2. The molecular weight excluding hydrogens is 367 g/mol. The van der Waals surface area contributed by atoms with Gasteiger partial charge in [-0.25, -0.2) is 14.0 Å². The Hall–Kier alpha value is -2.19. The van der Waals surface area contributed by atoms with E-state index in [0.29, 0.717) is 12.2 Å². The molecule has 1 atom stereocenters. The molecule has 8 heteroatoms. The van der Waals surface area contributed by atoms with Crippen molar-refractivity contribution in [3.05, 3.63) is 47.4 Å². The fourth-order valence-electron chi connectivity index (χ4n) is 2.67. The average Bonchev–Trinajstić information content (AvgIpc) is 2.63. The van der Waals surface area contributed by atoms with Gasteiger partial charge in [-0.2, -0.15) is 0 Å². The minimum Gasteiger partial charge on any atom is -0.463 e. The van der Waals surface area contributed by atoms with Crippen LogP contribution in [0.4, 0.5) is 9.18 Å². The van der Waals surface area contributed by atoms with E-state index >= 15 is 0 Å².